The van der Waals surface area contributed by atoms with Crippen LogP contribution in [0.2, 0.25) is 0 Å². The molecule has 0 saturated carbocycles. The van der Waals surface area contributed by atoms with Crippen LogP contribution in [0.4, 0.5) is 0 Å². The third-order valence-corrected chi connectivity index (χ3v) is 6.67. The fraction of sp³-hybridized carbons (Fsp3) is 0.227. The molecule has 0 saturated heterocycles. The lowest BCUT2D eigenvalue weighted by Crippen LogP contribution is -2.34. The molecule has 0 aliphatic rings. The van der Waals surface area contributed by atoms with Gasteiger partial charge in [-0.25, -0.2) is 4.98 Å². The number of nitrogens with zero attached hydrogens (tertiary/aromatic N) is 2. The van der Waals surface area contributed by atoms with Crippen molar-refractivity contribution in [1.82, 2.24) is 14.9 Å². The molecule has 4 rings (SSSR count). The number of fused-ring (bicyclic) bond motifs is 1. The van der Waals surface area contributed by atoms with E-state index in [1.54, 1.807) is 11.3 Å². The first-order chi connectivity index (χ1) is 14.1. The van der Waals surface area contributed by atoms with Crippen molar-refractivity contribution in [2.75, 3.05) is 0 Å². The fourth-order valence-corrected chi connectivity index (χ4v) is 5.03. The van der Waals surface area contributed by atoms with E-state index < -0.39 is 0 Å². The number of benzene rings is 1. The maximum absolute atomic E-state index is 13.1. The molecule has 0 fully saturated rings. The van der Waals surface area contributed by atoms with E-state index in [-0.39, 0.29) is 24.1 Å². The lowest BCUT2D eigenvalue weighted by Gasteiger charge is -2.18. The van der Waals surface area contributed by atoms with E-state index in [2.05, 4.69) is 10.3 Å². The van der Waals surface area contributed by atoms with E-state index in [0.717, 1.165) is 22.4 Å². The molecule has 0 bridgehead atoms. The summed E-state index contributed by atoms with van der Waals surface area (Å²) in [6, 6.07) is 12.0. The van der Waals surface area contributed by atoms with Gasteiger partial charge in [-0.15, -0.1) is 22.7 Å². The molecule has 148 valence electrons. The second kappa shape index (κ2) is 8.31. The van der Waals surface area contributed by atoms with Crippen LogP contribution in [0.15, 0.2) is 58.3 Å². The average Bonchev–Trinajstić information content (AvgIpc) is 3.39. The highest BCUT2D eigenvalue weighted by Crippen LogP contribution is 2.33. The number of nitrogens with one attached hydrogen (secondary N) is 1. The fourth-order valence-electron chi connectivity index (χ4n) is 3.31. The quantitative estimate of drug-likeness (QED) is 0.486. The molecular formula is C22H21N3O2S2. The molecule has 0 radical (unpaired) electrons. The number of amides is 1. The van der Waals surface area contributed by atoms with E-state index in [9.17, 15) is 9.59 Å². The highest BCUT2D eigenvalue weighted by Gasteiger charge is 2.17. The highest BCUT2D eigenvalue weighted by molar-refractivity contribution is 7.18. The highest BCUT2D eigenvalue weighted by atomic mass is 32.1. The van der Waals surface area contributed by atoms with Crippen LogP contribution in [0, 0.1) is 6.92 Å². The van der Waals surface area contributed by atoms with E-state index in [0.29, 0.717) is 10.2 Å². The molecule has 4 aromatic rings. The van der Waals surface area contributed by atoms with Gasteiger partial charge in [-0.3, -0.25) is 14.2 Å². The summed E-state index contributed by atoms with van der Waals surface area (Å²) in [5.74, 6) is -0.200. The molecule has 0 aliphatic carbocycles. The first kappa shape index (κ1) is 19.5. The van der Waals surface area contributed by atoms with E-state index in [4.69, 9.17) is 0 Å². The number of hydrogen-bond donors (Lipinski definition) is 1. The normalized spacial score (nSPS) is 12.2. The maximum Gasteiger partial charge on any atom is 0.263 e. The zero-order valence-corrected chi connectivity index (χ0v) is 17.8. The smallest absolute Gasteiger partial charge is 0.263 e. The van der Waals surface area contributed by atoms with Crippen molar-refractivity contribution in [1.29, 1.82) is 0 Å². The Morgan fingerprint density at radius 2 is 2.00 bits per heavy atom. The van der Waals surface area contributed by atoms with Gasteiger partial charge in [-0.1, -0.05) is 42.8 Å². The summed E-state index contributed by atoms with van der Waals surface area (Å²) < 4.78 is 1.39. The van der Waals surface area contributed by atoms with Crippen molar-refractivity contribution >= 4 is 38.8 Å². The van der Waals surface area contributed by atoms with Crippen molar-refractivity contribution in [2.24, 2.45) is 0 Å². The van der Waals surface area contributed by atoms with Crippen molar-refractivity contribution in [2.45, 2.75) is 32.9 Å². The summed E-state index contributed by atoms with van der Waals surface area (Å²) in [5.41, 5.74) is 2.94. The average molecular weight is 424 g/mol. The van der Waals surface area contributed by atoms with Gasteiger partial charge in [0, 0.05) is 15.8 Å². The first-order valence-corrected chi connectivity index (χ1v) is 11.2. The molecule has 1 unspecified atom stereocenters. The van der Waals surface area contributed by atoms with Gasteiger partial charge in [0.15, 0.2) is 0 Å². The zero-order valence-electron chi connectivity index (χ0n) is 16.2. The Morgan fingerprint density at radius 1 is 1.21 bits per heavy atom. The Balaban J connectivity index is 1.58. The van der Waals surface area contributed by atoms with Crippen LogP contribution < -0.4 is 10.9 Å². The summed E-state index contributed by atoms with van der Waals surface area (Å²) in [4.78, 5) is 31.9. The van der Waals surface area contributed by atoms with Gasteiger partial charge in [0.1, 0.15) is 11.4 Å². The number of thiophene rings is 2. The van der Waals surface area contributed by atoms with Gasteiger partial charge in [-0.2, -0.15) is 0 Å². The van der Waals surface area contributed by atoms with Gasteiger partial charge in [0.25, 0.3) is 5.56 Å². The van der Waals surface area contributed by atoms with Crippen LogP contribution in [0.5, 0.6) is 0 Å². The molecule has 29 heavy (non-hydrogen) atoms. The van der Waals surface area contributed by atoms with E-state index in [1.165, 1.54) is 27.8 Å². The SMILES string of the molecule is CCC(NC(=O)Cn1cnc2scc(-c3cccs3)c2c1=O)c1ccc(C)cc1. The summed E-state index contributed by atoms with van der Waals surface area (Å²) >= 11 is 3.03. The summed E-state index contributed by atoms with van der Waals surface area (Å²) in [7, 11) is 0. The number of aryl methyl sites for hydroxylation is 1. The predicted octanol–water partition coefficient (Wildman–Crippen LogP) is 4.76. The standard InChI is InChI=1S/C22H21N3O2S2/c1-3-17(15-8-6-14(2)7-9-15)24-19(26)11-25-13-23-21-20(22(25)27)16(12-29-21)18-5-4-10-28-18/h4-10,12-13,17H,3,11H2,1-2H3,(H,24,26). The van der Waals surface area contributed by atoms with Gasteiger partial charge < -0.3 is 5.32 Å². The number of hydrogen-bond acceptors (Lipinski definition) is 5. The van der Waals surface area contributed by atoms with Gasteiger partial charge in [-0.05, 0) is 30.4 Å². The third-order valence-electron chi connectivity index (χ3n) is 4.88. The molecule has 3 heterocycles. The molecule has 3 aromatic heterocycles. The summed E-state index contributed by atoms with van der Waals surface area (Å²) in [5, 5.41) is 7.56. The van der Waals surface area contributed by atoms with Crippen LogP contribution in [-0.4, -0.2) is 15.5 Å². The second-order valence-electron chi connectivity index (χ2n) is 6.92. The number of rotatable bonds is 6. The third kappa shape index (κ3) is 4.02. The Hall–Kier alpha value is -2.77. The van der Waals surface area contributed by atoms with Gasteiger partial charge in [0.05, 0.1) is 17.8 Å². The van der Waals surface area contributed by atoms with Gasteiger partial charge >= 0.3 is 0 Å². The summed E-state index contributed by atoms with van der Waals surface area (Å²) in [6.45, 7) is 4.01. The topological polar surface area (TPSA) is 64.0 Å². The Morgan fingerprint density at radius 3 is 2.69 bits per heavy atom. The molecule has 1 amide bonds. The minimum Gasteiger partial charge on any atom is -0.348 e. The number of carbonyl (C=O) groups excluding carboxylic acids is 1. The van der Waals surface area contributed by atoms with Crippen LogP contribution in [0.3, 0.4) is 0 Å². The number of carbonyl (C=O) groups is 1. The lowest BCUT2D eigenvalue weighted by molar-refractivity contribution is -0.122. The largest absolute Gasteiger partial charge is 0.348 e. The minimum absolute atomic E-state index is 0.0517. The maximum atomic E-state index is 13.1. The van der Waals surface area contributed by atoms with E-state index >= 15 is 0 Å². The van der Waals surface area contributed by atoms with Crippen LogP contribution in [-0.2, 0) is 11.3 Å². The molecule has 5 nitrogen and oxygen atoms in total. The van der Waals surface area contributed by atoms with Crippen molar-refractivity contribution in [3.8, 4) is 10.4 Å². The lowest BCUT2D eigenvalue weighted by atomic mass is 10.0. The molecule has 7 heteroatoms. The van der Waals surface area contributed by atoms with Crippen LogP contribution in [0.1, 0.15) is 30.5 Å². The molecule has 1 N–H and O–H groups in total. The van der Waals surface area contributed by atoms with Gasteiger partial charge in [0.2, 0.25) is 5.91 Å². The van der Waals surface area contributed by atoms with Crippen molar-refractivity contribution < 1.29 is 4.79 Å². The Kier molecular flexibility index (Phi) is 5.60. The molecule has 0 aliphatic heterocycles. The molecule has 0 spiro atoms. The Bertz CT molecular complexity index is 1190. The zero-order chi connectivity index (χ0) is 20.4. The predicted molar refractivity (Wildman–Crippen MR) is 120 cm³/mol. The second-order valence-corrected chi connectivity index (χ2v) is 8.73. The molecule has 1 atom stereocenters. The first-order valence-electron chi connectivity index (χ1n) is 9.43. The van der Waals surface area contributed by atoms with Crippen molar-refractivity contribution in [3.63, 3.8) is 0 Å². The number of aromatic nitrogens is 2. The van der Waals surface area contributed by atoms with Crippen molar-refractivity contribution in [3.05, 3.63) is 75.0 Å². The van der Waals surface area contributed by atoms with Crippen LogP contribution >= 0.6 is 22.7 Å². The monoisotopic (exact) mass is 423 g/mol. The van der Waals surface area contributed by atoms with Crippen LogP contribution in [0.25, 0.3) is 20.7 Å². The summed E-state index contributed by atoms with van der Waals surface area (Å²) in [6.07, 6.45) is 2.24. The van der Waals surface area contributed by atoms with E-state index in [1.807, 2.05) is 61.0 Å². The minimum atomic E-state index is -0.200. The molecule has 1 aromatic carbocycles. The molecular weight excluding hydrogens is 402 g/mol. The Labute approximate surface area is 176 Å².